The molecule has 7 nitrogen and oxygen atoms in total. The number of hydrogen-bond acceptors (Lipinski definition) is 6. The van der Waals surface area contributed by atoms with E-state index in [9.17, 15) is 14.7 Å². The summed E-state index contributed by atoms with van der Waals surface area (Å²) in [7, 11) is 2.95. The Kier molecular flexibility index (Phi) is 8.03. The Labute approximate surface area is 245 Å². The number of nitrogens with zero attached hydrogens (tertiary/aromatic N) is 1. The molecule has 0 amide bonds. The Morgan fingerprint density at radius 1 is 0.976 bits per heavy atom. The standard InChI is InChI=1S/C35H35NO6/c1-35(2,3)25-18-24(32-27(19-25)31(33(37)38)26-8-6-7-9-28(26)36-32)16-22-12-15-29(30(17-22)40-4)42-20-21-10-13-23(14-11-21)34(39)41-5/h6-17,25H,18-20H2,1-5H3,(H,37,38)/b24-16+. The van der Waals surface area contributed by atoms with Crippen molar-refractivity contribution in [2.24, 2.45) is 11.3 Å². The van der Waals surface area contributed by atoms with Crippen LogP contribution in [0.5, 0.6) is 11.5 Å². The third-order valence-corrected chi connectivity index (χ3v) is 7.95. The number of allylic oxidation sites excluding steroid dienone is 1. The third kappa shape index (κ3) is 5.86. The molecule has 0 spiro atoms. The lowest BCUT2D eigenvalue weighted by Crippen LogP contribution is -2.28. The minimum Gasteiger partial charge on any atom is -0.493 e. The van der Waals surface area contributed by atoms with Gasteiger partial charge in [0.05, 0.1) is 36.6 Å². The predicted octanol–water partition coefficient (Wildman–Crippen LogP) is 7.46. The van der Waals surface area contributed by atoms with Crippen molar-refractivity contribution in [1.82, 2.24) is 4.98 Å². The Morgan fingerprint density at radius 3 is 2.38 bits per heavy atom. The Bertz CT molecular complexity index is 1680. The van der Waals surface area contributed by atoms with Gasteiger partial charge in [0.25, 0.3) is 0 Å². The van der Waals surface area contributed by atoms with Gasteiger partial charge in [-0.15, -0.1) is 0 Å². The zero-order chi connectivity index (χ0) is 30.0. The van der Waals surface area contributed by atoms with Gasteiger partial charge >= 0.3 is 11.9 Å². The lowest BCUT2D eigenvalue weighted by molar-refractivity contribution is 0.0599. The quantitative estimate of drug-likeness (QED) is 0.233. The van der Waals surface area contributed by atoms with Crippen LogP contribution in [0.1, 0.15) is 70.3 Å². The van der Waals surface area contributed by atoms with Crippen molar-refractivity contribution in [2.75, 3.05) is 14.2 Å². The molecular formula is C35H35NO6. The first kappa shape index (κ1) is 28.9. The predicted molar refractivity (Wildman–Crippen MR) is 163 cm³/mol. The topological polar surface area (TPSA) is 95.0 Å². The highest BCUT2D eigenvalue weighted by molar-refractivity contribution is 6.06. The average Bonchev–Trinajstić information content (AvgIpc) is 2.98. The molecule has 0 fully saturated rings. The molecule has 1 aromatic heterocycles. The number of fused-ring (bicyclic) bond motifs is 2. The zero-order valence-electron chi connectivity index (χ0n) is 24.6. The molecular weight excluding hydrogens is 530 g/mol. The molecule has 0 aliphatic heterocycles. The van der Waals surface area contributed by atoms with Crippen molar-refractivity contribution in [3.8, 4) is 11.5 Å². The second kappa shape index (κ2) is 11.7. The summed E-state index contributed by atoms with van der Waals surface area (Å²) in [5.74, 6) is 0.0994. The van der Waals surface area contributed by atoms with Gasteiger partial charge in [-0.2, -0.15) is 0 Å². The molecule has 1 aliphatic rings. The number of methoxy groups -OCH3 is 2. The smallest absolute Gasteiger partial charge is 0.337 e. The lowest BCUT2D eigenvalue weighted by atomic mass is 9.69. The lowest BCUT2D eigenvalue weighted by Gasteiger charge is -2.36. The van der Waals surface area contributed by atoms with E-state index in [0.29, 0.717) is 46.6 Å². The van der Waals surface area contributed by atoms with Gasteiger partial charge in [-0.05, 0) is 82.8 Å². The van der Waals surface area contributed by atoms with Crippen LogP contribution >= 0.6 is 0 Å². The molecule has 0 radical (unpaired) electrons. The van der Waals surface area contributed by atoms with Crippen LogP contribution in [0.2, 0.25) is 0 Å². The van der Waals surface area contributed by atoms with Gasteiger partial charge in [0.2, 0.25) is 0 Å². The maximum absolute atomic E-state index is 12.6. The van der Waals surface area contributed by atoms with Crippen LogP contribution in [-0.4, -0.2) is 36.2 Å². The Hall–Kier alpha value is -4.65. The van der Waals surface area contributed by atoms with Crippen LogP contribution in [0.4, 0.5) is 0 Å². The first-order valence-electron chi connectivity index (χ1n) is 13.9. The fourth-order valence-corrected chi connectivity index (χ4v) is 5.49. The summed E-state index contributed by atoms with van der Waals surface area (Å²) in [5, 5.41) is 11.0. The highest BCUT2D eigenvalue weighted by atomic mass is 16.5. The van der Waals surface area contributed by atoms with E-state index in [4.69, 9.17) is 19.2 Å². The van der Waals surface area contributed by atoms with E-state index in [0.717, 1.165) is 34.4 Å². The molecule has 216 valence electrons. The molecule has 5 rings (SSSR count). The summed E-state index contributed by atoms with van der Waals surface area (Å²) in [4.78, 5) is 29.2. The number of carbonyl (C=O) groups is 2. The van der Waals surface area contributed by atoms with Crippen molar-refractivity contribution < 1.29 is 28.9 Å². The first-order valence-corrected chi connectivity index (χ1v) is 13.9. The van der Waals surface area contributed by atoms with Crippen LogP contribution in [0.15, 0.2) is 66.7 Å². The number of aromatic carboxylic acids is 1. The number of hydrogen-bond donors (Lipinski definition) is 1. The zero-order valence-corrected chi connectivity index (χ0v) is 24.6. The van der Waals surface area contributed by atoms with Gasteiger partial charge in [0.15, 0.2) is 11.5 Å². The summed E-state index contributed by atoms with van der Waals surface area (Å²) >= 11 is 0. The molecule has 1 aliphatic carbocycles. The SMILES string of the molecule is COC(=O)c1ccc(COc2ccc(/C=C3\CC(C(C)(C)C)Cc4c3nc3ccccc3c4C(=O)O)cc2OC)cc1. The van der Waals surface area contributed by atoms with E-state index in [1.165, 1.54) is 7.11 Å². The molecule has 1 unspecified atom stereocenters. The van der Waals surface area contributed by atoms with Gasteiger partial charge in [-0.1, -0.05) is 57.2 Å². The van der Waals surface area contributed by atoms with Gasteiger partial charge < -0.3 is 19.3 Å². The number of carbonyl (C=O) groups excluding carboxylic acids is 1. The fourth-order valence-electron chi connectivity index (χ4n) is 5.49. The molecule has 42 heavy (non-hydrogen) atoms. The number of para-hydroxylation sites is 1. The number of ether oxygens (including phenoxy) is 3. The summed E-state index contributed by atoms with van der Waals surface area (Å²) in [6.07, 6.45) is 3.53. The fraction of sp³-hybridized carbons (Fsp3) is 0.286. The van der Waals surface area contributed by atoms with Crippen LogP contribution in [0.3, 0.4) is 0 Å². The molecule has 7 heteroatoms. The average molecular weight is 566 g/mol. The summed E-state index contributed by atoms with van der Waals surface area (Å²) < 4.78 is 16.5. The number of benzene rings is 3. The molecule has 1 atom stereocenters. The molecule has 4 aromatic rings. The van der Waals surface area contributed by atoms with Crippen molar-refractivity contribution in [1.29, 1.82) is 0 Å². The number of carboxylic acid groups (broad SMARTS) is 1. The minimum absolute atomic E-state index is 0.0252. The highest BCUT2D eigenvalue weighted by Gasteiger charge is 2.35. The van der Waals surface area contributed by atoms with Crippen LogP contribution in [-0.2, 0) is 17.8 Å². The van der Waals surface area contributed by atoms with Gasteiger partial charge in [0.1, 0.15) is 6.61 Å². The first-order chi connectivity index (χ1) is 20.1. The van der Waals surface area contributed by atoms with E-state index in [2.05, 4.69) is 26.8 Å². The largest absolute Gasteiger partial charge is 0.493 e. The molecule has 3 aromatic carbocycles. The maximum Gasteiger partial charge on any atom is 0.337 e. The highest BCUT2D eigenvalue weighted by Crippen LogP contribution is 2.45. The summed E-state index contributed by atoms with van der Waals surface area (Å²) in [6, 6.07) is 20.3. The molecule has 0 saturated carbocycles. The normalized spacial score (nSPS) is 15.7. The van der Waals surface area contributed by atoms with E-state index in [1.54, 1.807) is 19.2 Å². The minimum atomic E-state index is -0.929. The van der Waals surface area contributed by atoms with Crippen molar-refractivity contribution in [3.05, 3.63) is 100 Å². The number of carboxylic acids is 1. The number of rotatable bonds is 7. The third-order valence-electron chi connectivity index (χ3n) is 7.95. The van der Waals surface area contributed by atoms with E-state index < -0.39 is 5.97 Å². The van der Waals surface area contributed by atoms with Crippen molar-refractivity contribution in [3.63, 3.8) is 0 Å². The van der Waals surface area contributed by atoms with Gasteiger partial charge in [0, 0.05) is 5.39 Å². The monoisotopic (exact) mass is 565 g/mol. The molecule has 1 heterocycles. The summed E-state index contributed by atoms with van der Waals surface area (Å²) in [6.45, 7) is 6.90. The summed E-state index contributed by atoms with van der Waals surface area (Å²) in [5.41, 5.74) is 5.83. The second-order valence-electron chi connectivity index (χ2n) is 11.7. The molecule has 0 bridgehead atoms. The van der Waals surface area contributed by atoms with Gasteiger partial charge in [-0.3, -0.25) is 0 Å². The number of pyridine rings is 1. The van der Waals surface area contributed by atoms with Crippen LogP contribution < -0.4 is 9.47 Å². The van der Waals surface area contributed by atoms with E-state index >= 15 is 0 Å². The van der Waals surface area contributed by atoms with Crippen molar-refractivity contribution in [2.45, 2.75) is 40.2 Å². The van der Waals surface area contributed by atoms with Crippen LogP contribution in [0.25, 0.3) is 22.6 Å². The second-order valence-corrected chi connectivity index (χ2v) is 11.7. The van der Waals surface area contributed by atoms with Crippen molar-refractivity contribution >= 4 is 34.5 Å². The van der Waals surface area contributed by atoms with Gasteiger partial charge in [-0.25, -0.2) is 14.6 Å². The Morgan fingerprint density at radius 2 is 1.71 bits per heavy atom. The van der Waals surface area contributed by atoms with E-state index in [-0.39, 0.29) is 17.3 Å². The number of esters is 1. The maximum atomic E-state index is 12.6. The molecule has 0 saturated heterocycles. The number of aromatic nitrogens is 1. The van der Waals surface area contributed by atoms with E-state index in [1.807, 2.05) is 54.6 Å². The molecule has 1 N–H and O–H groups in total. The Balaban J connectivity index is 1.50. The van der Waals surface area contributed by atoms with Crippen LogP contribution in [0, 0.1) is 11.3 Å².